The molecule has 25 heavy (non-hydrogen) atoms. The van der Waals surface area contributed by atoms with Crippen LogP contribution in [0.15, 0.2) is 29.3 Å². The molecule has 0 aromatic carbocycles. The maximum atomic E-state index is 12.5. The topological polar surface area (TPSA) is 81.4 Å². The van der Waals surface area contributed by atoms with Crippen molar-refractivity contribution in [1.29, 1.82) is 0 Å². The average molecular weight is 342 g/mol. The van der Waals surface area contributed by atoms with Gasteiger partial charge in [0.05, 0.1) is 17.9 Å². The minimum atomic E-state index is -0.0939. The van der Waals surface area contributed by atoms with Crippen molar-refractivity contribution >= 4 is 5.91 Å². The third kappa shape index (κ3) is 3.42. The van der Waals surface area contributed by atoms with Crippen molar-refractivity contribution in [2.75, 3.05) is 19.7 Å². The Balaban J connectivity index is 1.33. The number of nitrogens with zero attached hydrogens (tertiary/aromatic N) is 4. The molecule has 2 saturated heterocycles. The summed E-state index contributed by atoms with van der Waals surface area (Å²) in [5.41, 5.74) is 1.31. The minimum absolute atomic E-state index is 0.0548. The molecular formula is C18H22N4O3. The largest absolute Gasteiger partial charge is 0.448 e. The summed E-state index contributed by atoms with van der Waals surface area (Å²) in [6.07, 6.45) is 10.3. The molecule has 2 aliphatic heterocycles. The van der Waals surface area contributed by atoms with E-state index in [1.165, 1.54) is 6.26 Å². The van der Waals surface area contributed by atoms with Crippen molar-refractivity contribution < 1.29 is 13.9 Å². The van der Waals surface area contributed by atoms with Gasteiger partial charge in [-0.05, 0) is 31.6 Å². The van der Waals surface area contributed by atoms with Gasteiger partial charge in [-0.2, -0.15) is 0 Å². The molecule has 1 amide bonds. The Bertz CT molecular complexity index is 738. The number of carbonyl (C=O) groups is 1. The highest BCUT2D eigenvalue weighted by Gasteiger charge is 2.43. The Hall–Kier alpha value is -2.28. The molecular weight excluding hydrogens is 320 g/mol. The van der Waals surface area contributed by atoms with E-state index < -0.39 is 0 Å². The summed E-state index contributed by atoms with van der Waals surface area (Å²) in [6.45, 7) is 3.89. The van der Waals surface area contributed by atoms with Crippen LogP contribution in [0.4, 0.5) is 0 Å². The van der Waals surface area contributed by atoms with E-state index in [2.05, 4.69) is 15.0 Å². The van der Waals surface area contributed by atoms with Crippen molar-refractivity contribution in [3.05, 3.63) is 42.1 Å². The quantitative estimate of drug-likeness (QED) is 0.849. The molecule has 2 aromatic rings. The SMILES string of the molecule is Cc1nc(C(=O)N2CCC3(CC2)C[C@@H](Cc2cnccn2)CO3)co1. The summed E-state index contributed by atoms with van der Waals surface area (Å²) in [5, 5.41) is 0. The van der Waals surface area contributed by atoms with Crippen LogP contribution in [0.1, 0.15) is 41.3 Å². The fraction of sp³-hybridized carbons (Fsp3) is 0.556. The highest BCUT2D eigenvalue weighted by Crippen LogP contribution is 2.39. The molecule has 0 bridgehead atoms. The zero-order valence-corrected chi connectivity index (χ0v) is 14.4. The first-order chi connectivity index (χ1) is 12.1. The van der Waals surface area contributed by atoms with E-state index in [4.69, 9.17) is 9.15 Å². The molecule has 4 rings (SSSR count). The molecule has 1 atom stereocenters. The monoisotopic (exact) mass is 342 g/mol. The van der Waals surface area contributed by atoms with Crippen LogP contribution in [-0.4, -0.2) is 51.1 Å². The number of amides is 1. The number of hydrogen-bond donors (Lipinski definition) is 0. The molecule has 0 aliphatic carbocycles. The molecule has 0 N–H and O–H groups in total. The lowest BCUT2D eigenvalue weighted by Crippen LogP contribution is -2.46. The number of rotatable bonds is 3. The highest BCUT2D eigenvalue weighted by atomic mass is 16.5. The number of ether oxygens (including phenoxy) is 1. The van der Waals surface area contributed by atoms with Crippen LogP contribution in [0.2, 0.25) is 0 Å². The van der Waals surface area contributed by atoms with E-state index >= 15 is 0 Å². The van der Waals surface area contributed by atoms with Crippen LogP contribution in [0.25, 0.3) is 0 Å². The maximum absolute atomic E-state index is 12.5. The molecule has 0 unspecified atom stereocenters. The first kappa shape index (κ1) is 16.2. The molecule has 1 spiro atoms. The zero-order chi connectivity index (χ0) is 17.3. The Labute approximate surface area is 146 Å². The van der Waals surface area contributed by atoms with E-state index in [0.29, 0.717) is 30.6 Å². The second kappa shape index (κ2) is 6.55. The molecule has 7 heteroatoms. The Kier molecular flexibility index (Phi) is 4.25. The summed E-state index contributed by atoms with van der Waals surface area (Å²) in [5.74, 6) is 0.931. The average Bonchev–Trinajstić information content (AvgIpc) is 3.23. The summed E-state index contributed by atoms with van der Waals surface area (Å²) >= 11 is 0. The predicted octanol–water partition coefficient (Wildman–Crippen LogP) is 2.03. The summed E-state index contributed by atoms with van der Waals surface area (Å²) in [6, 6.07) is 0. The van der Waals surface area contributed by atoms with Crippen LogP contribution in [0, 0.1) is 12.8 Å². The second-order valence-corrected chi connectivity index (χ2v) is 7.01. The van der Waals surface area contributed by atoms with Gasteiger partial charge < -0.3 is 14.1 Å². The van der Waals surface area contributed by atoms with Gasteiger partial charge in [-0.3, -0.25) is 14.8 Å². The molecule has 0 radical (unpaired) electrons. The Morgan fingerprint density at radius 3 is 2.88 bits per heavy atom. The summed E-state index contributed by atoms with van der Waals surface area (Å²) in [4.78, 5) is 26.9. The fourth-order valence-electron chi connectivity index (χ4n) is 3.89. The van der Waals surface area contributed by atoms with Gasteiger partial charge >= 0.3 is 0 Å². The third-order valence-electron chi connectivity index (χ3n) is 5.20. The minimum Gasteiger partial charge on any atom is -0.448 e. The standard InChI is InChI=1S/C18H22N4O3/c1-13-21-16(12-24-13)17(23)22-6-2-18(3-7-22)9-14(11-25-18)8-15-10-19-4-5-20-15/h4-5,10,12,14H,2-3,6-9,11H2,1H3/t14-/m1/s1. The maximum Gasteiger partial charge on any atom is 0.275 e. The third-order valence-corrected chi connectivity index (χ3v) is 5.20. The highest BCUT2D eigenvalue weighted by molar-refractivity contribution is 5.92. The Morgan fingerprint density at radius 1 is 1.36 bits per heavy atom. The lowest BCUT2D eigenvalue weighted by Gasteiger charge is -2.38. The number of likely N-dealkylation sites (tertiary alicyclic amines) is 1. The van der Waals surface area contributed by atoms with Crippen molar-refractivity contribution in [2.24, 2.45) is 5.92 Å². The number of hydrogen-bond acceptors (Lipinski definition) is 6. The lowest BCUT2D eigenvalue weighted by atomic mass is 9.84. The molecule has 2 fully saturated rings. The molecule has 7 nitrogen and oxygen atoms in total. The van der Waals surface area contributed by atoms with Gasteiger partial charge in [-0.25, -0.2) is 4.98 Å². The van der Waals surface area contributed by atoms with Gasteiger partial charge in [-0.15, -0.1) is 0 Å². The van der Waals surface area contributed by atoms with Crippen LogP contribution in [0.3, 0.4) is 0 Å². The second-order valence-electron chi connectivity index (χ2n) is 7.01. The van der Waals surface area contributed by atoms with Crippen LogP contribution in [0.5, 0.6) is 0 Å². The fourth-order valence-corrected chi connectivity index (χ4v) is 3.89. The van der Waals surface area contributed by atoms with Gasteiger partial charge in [0.25, 0.3) is 5.91 Å². The number of piperidine rings is 1. The zero-order valence-electron chi connectivity index (χ0n) is 14.4. The molecule has 4 heterocycles. The number of aromatic nitrogens is 3. The Morgan fingerprint density at radius 2 is 2.20 bits per heavy atom. The van der Waals surface area contributed by atoms with E-state index in [0.717, 1.165) is 38.0 Å². The van der Waals surface area contributed by atoms with Crippen molar-refractivity contribution in [2.45, 2.75) is 38.2 Å². The van der Waals surface area contributed by atoms with Crippen molar-refractivity contribution in [1.82, 2.24) is 19.9 Å². The molecule has 2 aliphatic rings. The van der Waals surface area contributed by atoms with Crippen LogP contribution in [-0.2, 0) is 11.2 Å². The van der Waals surface area contributed by atoms with Crippen LogP contribution < -0.4 is 0 Å². The lowest BCUT2D eigenvalue weighted by molar-refractivity contribution is -0.0391. The molecule has 2 aromatic heterocycles. The van der Waals surface area contributed by atoms with Crippen molar-refractivity contribution in [3.8, 4) is 0 Å². The smallest absolute Gasteiger partial charge is 0.275 e. The van der Waals surface area contributed by atoms with Gasteiger partial charge in [-0.1, -0.05) is 0 Å². The van der Waals surface area contributed by atoms with E-state index in [1.54, 1.807) is 19.3 Å². The van der Waals surface area contributed by atoms with E-state index in [1.807, 2.05) is 11.1 Å². The van der Waals surface area contributed by atoms with Crippen LogP contribution >= 0.6 is 0 Å². The number of aryl methyl sites for hydroxylation is 1. The normalized spacial score (nSPS) is 22.4. The van der Waals surface area contributed by atoms with Crippen molar-refractivity contribution in [3.63, 3.8) is 0 Å². The summed E-state index contributed by atoms with van der Waals surface area (Å²) in [7, 11) is 0. The molecule has 132 valence electrons. The van der Waals surface area contributed by atoms with Gasteiger partial charge in [0, 0.05) is 38.6 Å². The number of oxazole rings is 1. The van der Waals surface area contributed by atoms with Gasteiger partial charge in [0.2, 0.25) is 0 Å². The first-order valence-corrected chi connectivity index (χ1v) is 8.74. The first-order valence-electron chi connectivity index (χ1n) is 8.74. The molecule has 0 saturated carbocycles. The predicted molar refractivity (Wildman–Crippen MR) is 88.9 cm³/mol. The van der Waals surface area contributed by atoms with Gasteiger partial charge in [0.15, 0.2) is 11.6 Å². The van der Waals surface area contributed by atoms with Gasteiger partial charge in [0.1, 0.15) is 6.26 Å². The number of carbonyl (C=O) groups excluding carboxylic acids is 1. The van der Waals surface area contributed by atoms with E-state index in [-0.39, 0.29) is 11.5 Å². The van der Waals surface area contributed by atoms with E-state index in [9.17, 15) is 4.79 Å². The summed E-state index contributed by atoms with van der Waals surface area (Å²) < 4.78 is 11.3.